The predicted octanol–water partition coefficient (Wildman–Crippen LogP) is 0.906. The van der Waals surface area contributed by atoms with E-state index < -0.39 is 12.0 Å². The van der Waals surface area contributed by atoms with Crippen LogP contribution in [0.5, 0.6) is 0 Å². The van der Waals surface area contributed by atoms with Crippen molar-refractivity contribution in [1.29, 1.82) is 0 Å². The first-order chi connectivity index (χ1) is 7.92. The molecule has 0 spiro atoms. The molecule has 0 rings (SSSR count). The van der Waals surface area contributed by atoms with Gasteiger partial charge in [0, 0.05) is 5.97 Å². The van der Waals surface area contributed by atoms with Gasteiger partial charge in [0.15, 0.2) is 0 Å². The molecule has 0 atom stereocenters. The average molecular weight is 342 g/mol. The first-order valence-corrected chi connectivity index (χ1v) is 11.4. The number of halogens is 3. The maximum atomic E-state index is 10.1. The number of aliphatic carboxylic acids is 1. The molecule has 0 amide bonds. The molecule has 0 unspecified atom stereocenters. The number of carbonyl (C=O) groups is 1. The van der Waals surface area contributed by atoms with Crippen molar-refractivity contribution in [3.05, 3.63) is 0 Å². The number of hydrogen-bond donors (Lipinski definition) is 0. The Morgan fingerprint density at radius 2 is 1.22 bits per heavy atom. The summed E-state index contributed by atoms with van der Waals surface area (Å²) in [5.74, 6) is -0.944. The van der Waals surface area contributed by atoms with Crippen molar-refractivity contribution in [2.75, 3.05) is 0 Å². The molecule has 0 aromatic carbocycles. The number of carboxylic acids is 1. The normalized spacial score (nSPS) is 11.1. The first kappa shape index (κ1) is 21.8. The molecular weight excluding hydrogens is 322 g/mol. The van der Waals surface area contributed by atoms with E-state index in [4.69, 9.17) is 33.2 Å². The summed E-state index contributed by atoms with van der Waals surface area (Å²) in [5, 5.41) is 10.1. The minimum atomic E-state index is -2.40. The largest absolute Gasteiger partial charge is 1.00 e. The van der Waals surface area contributed by atoms with Crippen molar-refractivity contribution in [2.24, 2.45) is 0 Å². The molecule has 2 nitrogen and oxygen atoms in total. The van der Waals surface area contributed by atoms with Gasteiger partial charge in [0.1, 0.15) is 0 Å². The molecule has 7 heteroatoms. The third-order valence-corrected chi connectivity index (χ3v) is 5.21. The van der Waals surface area contributed by atoms with Crippen molar-refractivity contribution in [1.82, 2.24) is 0 Å². The van der Waals surface area contributed by atoms with Crippen LogP contribution in [0.3, 0.4) is 0 Å². The number of unbranched alkanes of at least 4 members (excludes halogenated alkanes) is 7. The van der Waals surface area contributed by atoms with Crippen LogP contribution in [0.25, 0.3) is 0 Å². The summed E-state index contributed by atoms with van der Waals surface area (Å²) >= 11 is 17.3. The van der Waals surface area contributed by atoms with Crippen molar-refractivity contribution < 1.29 is 39.5 Å². The van der Waals surface area contributed by atoms with Gasteiger partial charge in [-0.05, 0) is 18.9 Å². The van der Waals surface area contributed by atoms with Crippen LogP contribution in [0.4, 0.5) is 0 Å². The monoisotopic (exact) mass is 340 g/mol. The molecule has 0 bridgehead atoms. The van der Waals surface area contributed by atoms with E-state index in [1.165, 1.54) is 12.8 Å². The summed E-state index contributed by atoms with van der Waals surface area (Å²) in [5.41, 5.74) is 0. The van der Waals surface area contributed by atoms with Crippen LogP contribution < -0.4 is 34.7 Å². The maximum Gasteiger partial charge on any atom is 1.00 e. The summed E-state index contributed by atoms with van der Waals surface area (Å²) < 4.78 is 0. The minimum absolute atomic E-state index is 0. The summed E-state index contributed by atoms with van der Waals surface area (Å²) in [7, 11) is 0. The number of carboxylic acid groups (broad SMARTS) is 1. The number of rotatable bonds is 11. The fourth-order valence-electron chi connectivity index (χ4n) is 1.66. The molecule has 0 aliphatic carbocycles. The Morgan fingerprint density at radius 3 is 1.61 bits per heavy atom. The minimum Gasteiger partial charge on any atom is -0.550 e. The molecule has 0 aromatic heterocycles. The molecule has 0 aliphatic rings. The van der Waals surface area contributed by atoms with Crippen molar-refractivity contribution in [3.63, 3.8) is 0 Å². The van der Waals surface area contributed by atoms with Crippen LogP contribution in [0.2, 0.25) is 6.04 Å². The van der Waals surface area contributed by atoms with E-state index in [1.807, 2.05) is 0 Å². The zero-order valence-corrected chi connectivity index (χ0v) is 16.3. The van der Waals surface area contributed by atoms with E-state index in [1.54, 1.807) is 0 Å². The van der Waals surface area contributed by atoms with E-state index in [-0.39, 0.29) is 36.0 Å². The number of carbonyl (C=O) groups excluding carboxylic acids is 1. The Labute approximate surface area is 147 Å². The van der Waals surface area contributed by atoms with Gasteiger partial charge >= 0.3 is 35.6 Å². The SMILES string of the molecule is O=C([O-])CCCCCCCCCC[Si](Cl)(Cl)Cl.[Na+]. The molecule has 0 heterocycles. The standard InChI is InChI=1S/C11H21Cl3O2Si.Na/c12-17(13,14)10-8-6-4-2-1-3-5-7-9-11(15)16;/h1-10H2,(H,15,16);/q;+1/p-1. The molecule has 0 radical (unpaired) electrons. The molecule has 0 saturated carbocycles. The van der Waals surface area contributed by atoms with Crippen molar-refractivity contribution >= 4 is 45.2 Å². The van der Waals surface area contributed by atoms with Crippen LogP contribution >= 0.6 is 33.2 Å². The summed E-state index contributed by atoms with van der Waals surface area (Å²) in [6.07, 6.45) is 8.67. The van der Waals surface area contributed by atoms with E-state index >= 15 is 0 Å². The zero-order valence-electron chi connectivity index (χ0n) is 11.0. The smallest absolute Gasteiger partial charge is 0.550 e. The molecular formula is C11H20Cl3NaO2Si. The fourth-order valence-corrected chi connectivity index (χ4v) is 3.51. The molecule has 102 valence electrons. The Balaban J connectivity index is 0. The van der Waals surface area contributed by atoms with Gasteiger partial charge in [-0.2, -0.15) is 0 Å². The molecule has 0 fully saturated rings. The van der Waals surface area contributed by atoms with Gasteiger partial charge in [-0.3, -0.25) is 0 Å². The van der Waals surface area contributed by atoms with Crippen LogP contribution in [0.1, 0.15) is 57.8 Å². The van der Waals surface area contributed by atoms with Gasteiger partial charge in [-0.15, -0.1) is 33.2 Å². The van der Waals surface area contributed by atoms with Crippen LogP contribution in [0, 0.1) is 0 Å². The van der Waals surface area contributed by atoms with E-state index in [9.17, 15) is 9.90 Å². The Kier molecular flexibility index (Phi) is 16.4. The summed E-state index contributed by atoms with van der Waals surface area (Å²) in [6.45, 7) is 0. The number of hydrogen-bond acceptors (Lipinski definition) is 2. The third-order valence-electron chi connectivity index (χ3n) is 2.59. The zero-order chi connectivity index (χ0) is 13.1. The van der Waals surface area contributed by atoms with Crippen molar-refractivity contribution in [3.8, 4) is 0 Å². The maximum absolute atomic E-state index is 10.1. The van der Waals surface area contributed by atoms with Crippen LogP contribution in [-0.4, -0.2) is 12.0 Å². The Morgan fingerprint density at radius 1 is 0.833 bits per heavy atom. The van der Waals surface area contributed by atoms with E-state index in [2.05, 4.69) is 0 Å². The van der Waals surface area contributed by atoms with Crippen LogP contribution in [0.15, 0.2) is 0 Å². The van der Waals surface area contributed by atoms with Gasteiger partial charge in [-0.25, -0.2) is 0 Å². The molecule has 18 heavy (non-hydrogen) atoms. The molecule has 0 saturated heterocycles. The van der Waals surface area contributed by atoms with Crippen LogP contribution in [-0.2, 0) is 4.79 Å². The first-order valence-electron chi connectivity index (χ1n) is 6.18. The average Bonchev–Trinajstić information content (AvgIpc) is 2.18. The molecule has 0 N–H and O–H groups in total. The second kappa shape index (κ2) is 13.5. The van der Waals surface area contributed by atoms with Gasteiger partial charge in [-0.1, -0.05) is 44.9 Å². The summed E-state index contributed by atoms with van der Waals surface area (Å²) in [6, 6.07) is -1.65. The Bertz CT molecular complexity index is 213. The second-order valence-electron chi connectivity index (χ2n) is 4.32. The van der Waals surface area contributed by atoms with Gasteiger partial charge in [0.2, 0.25) is 0 Å². The van der Waals surface area contributed by atoms with Crippen molar-refractivity contribution in [2.45, 2.75) is 63.8 Å². The Hall–Kier alpha value is 1.56. The quantitative estimate of drug-likeness (QED) is 0.318. The molecule has 0 aromatic rings. The van der Waals surface area contributed by atoms with E-state index in [0.717, 1.165) is 44.6 Å². The van der Waals surface area contributed by atoms with E-state index in [0.29, 0.717) is 0 Å². The predicted molar refractivity (Wildman–Crippen MR) is 74.7 cm³/mol. The van der Waals surface area contributed by atoms with Gasteiger partial charge < -0.3 is 9.90 Å². The second-order valence-corrected chi connectivity index (χ2v) is 13.6. The third kappa shape index (κ3) is 19.9. The summed E-state index contributed by atoms with van der Waals surface area (Å²) in [4.78, 5) is 10.1. The van der Waals surface area contributed by atoms with Gasteiger partial charge in [0.25, 0.3) is 0 Å². The fraction of sp³-hybridized carbons (Fsp3) is 0.909. The topological polar surface area (TPSA) is 40.1 Å². The van der Waals surface area contributed by atoms with Gasteiger partial charge in [0.05, 0.1) is 0 Å². The molecule has 0 aliphatic heterocycles.